The van der Waals surface area contributed by atoms with Crippen LogP contribution in [-0.4, -0.2) is 69.0 Å². The molecule has 0 bridgehead atoms. The molecule has 10 nitrogen and oxygen atoms in total. The number of hydrogen-bond acceptors (Lipinski definition) is 8. The van der Waals surface area contributed by atoms with Gasteiger partial charge in [0.05, 0.1) is 37.1 Å². The molecule has 0 saturated carbocycles. The Bertz CT molecular complexity index is 553. The minimum Gasteiger partial charge on any atom is -0.481 e. The molecule has 26 heavy (non-hydrogen) atoms. The van der Waals surface area contributed by atoms with E-state index in [1.54, 1.807) is 0 Å². The summed E-state index contributed by atoms with van der Waals surface area (Å²) in [4.78, 5) is 46.3. The molecule has 0 aromatic rings. The molecule has 1 unspecified atom stereocenters. The van der Waals surface area contributed by atoms with Gasteiger partial charge in [0, 0.05) is 24.1 Å². The first kappa shape index (κ1) is 24.1. The number of aliphatic hydroxyl groups is 2. The lowest BCUT2D eigenvalue weighted by Crippen LogP contribution is -2.46. The summed E-state index contributed by atoms with van der Waals surface area (Å²) in [5, 5.41) is 29.6. The Balaban J connectivity index is 4.84. The van der Waals surface area contributed by atoms with Crippen LogP contribution < -0.4 is 16.8 Å². The van der Waals surface area contributed by atoms with Crippen LogP contribution in [0.1, 0.15) is 26.2 Å². The smallest absolute Gasteiger partial charge is 0.309 e. The highest BCUT2D eigenvalue weighted by Gasteiger charge is 2.27. The van der Waals surface area contributed by atoms with Gasteiger partial charge >= 0.3 is 5.97 Å². The van der Waals surface area contributed by atoms with Gasteiger partial charge in [0.15, 0.2) is 0 Å². The van der Waals surface area contributed by atoms with Gasteiger partial charge in [-0.2, -0.15) is 0 Å². The molecule has 8 N–H and O–H groups in total. The fourth-order valence-electron chi connectivity index (χ4n) is 2.07. The van der Waals surface area contributed by atoms with Crippen molar-refractivity contribution >= 4 is 40.6 Å². The number of amides is 2. The number of nitrogens with two attached hydrogens (primary N) is 2. The molecule has 0 aromatic heterocycles. The molecule has 0 rings (SSSR count). The predicted molar refractivity (Wildman–Crippen MR) is 95.0 cm³/mol. The van der Waals surface area contributed by atoms with Gasteiger partial charge in [0.2, 0.25) is 11.8 Å². The summed E-state index contributed by atoms with van der Waals surface area (Å²) in [6.45, 7) is 0.574. The number of hydrogen-bond donors (Lipinski definition) is 6. The van der Waals surface area contributed by atoms with Gasteiger partial charge in [-0.15, -0.1) is 0 Å². The minimum absolute atomic E-state index is 0.141. The van der Waals surface area contributed by atoms with E-state index >= 15 is 0 Å². The van der Waals surface area contributed by atoms with E-state index in [9.17, 15) is 24.3 Å². The monoisotopic (exact) mass is 391 g/mol. The van der Waals surface area contributed by atoms with Crippen LogP contribution in [0, 0.1) is 11.8 Å². The molecular formula is C15H25N3O7S. The molecule has 0 heterocycles. The van der Waals surface area contributed by atoms with Crippen LogP contribution >= 0.6 is 12.2 Å². The van der Waals surface area contributed by atoms with Gasteiger partial charge in [-0.05, 0) is 6.92 Å². The third-order valence-corrected chi connectivity index (χ3v) is 4.08. The van der Waals surface area contributed by atoms with Crippen molar-refractivity contribution < 1.29 is 34.5 Å². The lowest BCUT2D eigenvalue weighted by molar-refractivity contribution is -0.145. The van der Waals surface area contributed by atoms with Gasteiger partial charge < -0.3 is 32.1 Å². The van der Waals surface area contributed by atoms with E-state index in [1.807, 2.05) is 0 Å². The molecule has 0 spiro atoms. The van der Waals surface area contributed by atoms with Crippen molar-refractivity contribution in [3.05, 3.63) is 0 Å². The number of carbonyl (C=O) groups is 4. The number of carboxylic acids is 1. The second-order valence-corrected chi connectivity index (χ2v) is 6.51. The molecule has 0 fully saturated rings. The second-order valence-electron chi connectivity index (χ2n) is 5.98. The molecule has 0 radical (unpaired) electrons. The third kappa shape index (κ3) is 8.94. The molecule has 148 valence electrons. The summed E-state index contributed by atoms with van der Waals surface area (Å²) < 4.78 is 0. The zero-order chi connectivity index (χ0) is 20.4. The standard InChI is InChI=1S/C15H25N3O7S/c1-7(20)13(17)11(26)5-18-14(23)8(4-12(16)22)2-10(21)3-9(6-19)15(24)25/h7-9,13,19-20H,2-6,17H2,1H3,(H2,16,22)(H,18,23)(H,24,25)/t7?,8-,9-,13-/m1/s1. The highest BCUT2D eigenvalue weighted by Crippen LogP contribution is 2.14. The highest BCUT2D eigenvalue weighted by atomic mass is 32.1. The average Bonchev–Trinajstić information content (AvgIpc) is 2.54. The molecule has 11 heteroatoms. The summed E-state index contributed by atoms with van der Waals surface area (Å²) in [5.74, 6) is -5.80. The molecule has 2 amide bonds. The topological polar surface area (TPSA) is 193 Å². The van der Waals surface area contributed by atoms with Crippen molar-refractivity contribution in [2.75, 3.05) is 13.2 Å². The van der Waals surface area contributed by atoms with Crippen LogP contribution in [-0.2, 0) is 19.2 Å². The van der Waals surface area contributed by atoms with Gasteiger partial charge in [0.1, 0.15) is 5.78 Å². The van der Waals surface area contributed by atoms with Crippen molar-refractivity contribution in [3.63, 3.8) is 0 Å². The highest BCUT2D eigenvalue weighted by molar-refractivity contribution is 7.80. The van der Waals surface area contributed by atoms with Crippen LogP contribution in [0.3, 0.4) is 0 Å². The number of aliphatic hydroxyl groups excluding tert-OH is 2. The van der Waals surface area contributed by atoms with E-state index in [1.165, 1.54) is 6.92 Å². The maximum absolute atomic E-state index is 12.2. The van der Waals surface area contributed by atoms with Gasteiger partial charge in [-0.3, -0.25) is 19.2 Å². The molecule has 0 aromatic carbocycles. The maximum Gasteiger partial charge on any atom is 0.309 e. The quantitative estimate of drug-likeness (QED) is 0.187. The fourth-order valence-corrected chi connectivity index (χ4v) is 2.34. The number of rotatable bonds is 13. The van der Waals surface area contributed by atoms with E-state index in [0.717, 1.165) is 0 Å². The Kier molecular flexibility index (Phi) is 10.8. The molecule has 0 aliphatic carbocycles. The SMILES string of the molecule is CC(O)[C@@H](N)C(=S)CNC(=O)[C@@H](CC(N)=O)CC(=O)C[C@H](CO)C(=O)O. The lowest BCUT2D eigenvalue weighted by atomic mass is 9.92. The first-order valence-corrected chi connectivity index (χ1v) is 8.28. The Morgan fingerprint density at radius 2 is 1.65 bits per heavy atom. The summed E-state index contributed by atoms with van der Waals surface area (Å²) in [5.41, 5.74) is 10.7. The molecule has 0 aliphatic heterocycles. The van der Waals surface area contributed by atoms with Crippen molar-refractivity contribution in [2.24, 2.45) is 23.3 Å². The Morgan fingerprint density at radius 1 is 1.12 bits per heavy atom. The summed E-state index contributed by atoms with van der Waals surface area (Å²) >= 11 is 4.98. The van der Waals surface area contributed by atoms with Crippen LogP contribution in [0.25, 0.3) is 0 Å². The summed E-state index contributed by atoms with van der Waals surface area (Å²) in [6.07, 6.45) is -2.20. The van der Waals surface area contributed by atoms with Crippen molar-refractivity contribution in [3.8, 4) is 0 Å². The summed E-state index contributed by atoms with van der Waals surface area (Å²) in [7, 11) is 0. The van der Waals surface area contributed by atoms with Crippen LogP contribution in [0.2, 0.25) is 0 Å². The van der Waals surface area contributed by atoms with Crippen LogP contribution in [0.4, 0.5) is 0 Å². The molecular weight excluding hydrogens is 366 g/mol. The van der Waals surface area contributed by atoms with Crippen LogP contribution in [0.15, 0.2) is 0 Å². The van der Waals surface area contributed by atoms with E-state index in [2.05, 4.69) is 5.32 Å². The zero-order valence-corrected chi connectivity index (χ0v) is 15.2. The van der Waals surface area contributed by atoms with E-state index in [0.29, 0.717) is 0 Å². The normalized spacial score (nSPS) is 15.4. The van der Waals surface area contributed by atoms with Gasteiger partial charge in [0.25, 0.3) is 0 Å². The van der Waals surface area contributed by atoms with Gasteiger partial charge in [-0.1, -0.05) is 12.2 Å². The Labute approximate surface area is 155 Å². The third-order valence-electron chi connectivity index (χ3n) is 3.66. The predicted octanol–water partition coefficient (Wildman–Crippen LogP) is -2.29. The first-order valence-electron chi connectivity index (χ1n) is 7.87. The number of primary amides is 1. The van der Waals surface area contributed by atoms with E-state index in [-0.39, 0.29) is 11.4 Å². The number of nitrogens with one attached hydrogen (secondary N) is 1. The minimum atomic E-state index is -1.34. The molecule has 0 aliphatic rings. The van der Waals surface area contributed by atoms with Crippen molar-refractivity contribution in [1.82, 2.24) is 5.32 Å². The zero-order valence-electron chi connectivity index (χ0n) is 14.4. The second kappa shape index (κ2) is 11.6. The van der Waals surface area contributed by atoms with E-state index in [4.69, 9.17) is 33.9 Å². The molecule has 4 atom stereocenters. The average molecular weight is 391 g/mol. The van der Waals surface area contributed by atoms with Gasteiger partial charge in [-0.25, -0.2) is 0 Å². The number of carboxylic acid groups (broad SMARTS) is 1. The van der Waals surface area contributed by atoms with E-state index < -0.39 is 73.4 Å². The summed E-state index contributed by atoms with van der Waals surface area (Å²) in [6, 6.07) is -0.831. The first-order chi connectivity index (χ1) is 12.0. The fraction of sp³-hybridized carbons (Fsp3) is 0.667. The lowest BCUT2D eigenvalue weighted by Gasteiger charge is -2.19. The number of thiocarbonyl (C=S) groups is 1. The number of Topliss-reactive ketones (excluding diaryl/α,β-unsaturated/α-hetero) is 1. The number of carbonyl (C=O) groups excluding carboxylic acids is 3. The largest absolute Gasteiger partial charge is 0.481 e. The molecule has 0 saturated heterocycles. The number of aliphatic carboxylic acids is 1. The van der Waals surface area contributed by atoms with Crippen molar-refractivity contribution in [2.45, 2.75) is 38.3 Å². The number of ketones is 1. The Hall–Kier alpha value is -1.95. The van der Waals surface area contributed by atoms with Crippen LogP contribution in [0.5, 0.6) is 0 Å². The Morgan fingerprint density at radius 3 is 2.08 bits per heavy atom. The van der Waals surface area contributed by atoms with Crippen molar-refractivity contribution in [1.29, 1.82) is 0 Å². The maximum atomic E-state index is 12.2.